The molecule has 1 aliphatic heterocycles. The van der Waals surface area contributed by atoms with Crippen molar-refractivity contribution in [3.63, 3.8) is 0 Å². The Balaban J connectivity index is 2.18. The van der Waals surface area contributed by atoms with E-state index in [0.29, 0.717) is 19.6 Å². The molecule has 1 aliphatic rings. The van der Waals surface area contributed by atoms with Gasteiger partial charge in [0.15, 0.2) is 0 Å². The molecule has 3 N–H and O–H groups in total. The Morgan fingerprint density at radius 1 is 1.50 bits per heavy atom. The van der Waals surface area contributed by atoms with Gasteiger partial charge in [-0.05, 0) is 26.3 Å². The van der Waals surface area contributed by atoms with Crippen LogP contribution in [0.2, 0.25) is 0 Å². The molecule has 0 aliphatic carbocycles. The minimum absolute atomic E-state index is 0.0798. The number of carbonyl (C=O) groups excluding carboxylic acids is 2. The Bertz CT molecular complexity index is 278. The minimum Gasteiger partial charge on any atom is -0.383 e. The normalized spacial score (nSPS) is 20.4. The zero-order valence-corrected chi connectivity index (χ0v) is 11.1. The summed E-state index contributed by atoms with van der Waals surface area (Å²) in [6, 6.07) is -0.246. The lowest BCUT2D eigenvalue weighted by molar-refractivity contribution is -0.128. The number of ether oxygens (including phenoxy) is 1. The number of rotatable bonds is 7. The van der Waals surface area contributed by atoms with Crippen LogP contribution in [0.25, 0.3) is 0 Å². The van der Waals surface area contributed by atoms with Gasteiger partial charge in [-0.1, -0.05) is 0 Å². The summed E-state index contributed by atoms with van der Waals surface area (Å²) in [5, 5.41) is 8.64. The average molecular weight is 257 g/mol. The van der Waals surface area contributed by atoms with Crippen LogP contribution in [0.15, 0.2) is 0 Å². The van der Waals surface area contributed by atoms with Gasteiger partial charge in [0.2, 0.25) is 11.8 Å². The summed E-state index contributed by atoms with van der Waals surface area (Å²) < 4.78 is 4.83. The van der Waals surface area contributed by atoms with Crippen molar-refractivity contribution in [2.75, 3.05) is 26.8 Å². The van der Waals surface area contributed by atoms with E-state index in [1.165, 1.54) is 0 Å². The summed E-state index contributed by atoms with van der Waals surface area (Å²) in [5.74, 6) is -0.261. The lowest BCUT2D eigenvalue weighted by Gasteiger charge is -2.15. The molecule has 1 heterocycles. The van der Waals surface area contributed by atoms with Crippen LogP contribution >= 0.6 is 0 Å². The molecular formula is C12H23N3O3. The Hall–Kier alpha value is -1.14. The smallest absolute Gasteiger partial charge is 0.242 e. The van der Waals surface area contributed by atoms with Gasteiger partial charge in [-0.3, -0.25) is 9.59 Å². The van der Waals surface area contributed by atoms with E-state index in [1.54, 1.807) is 14.0 Å². The van der Waals surface area contributed by atoms with Crippen molar-refractivity contribution in [2.45, 2.75) is 38.3 Å². The number of methoxy groups -OCH3 is 1. The van der Waals surface area contributed by atoms with Gasteiger partial charge in [0.1, 0.15) is 6.04 Å². The fourth-order valence-electron chi connectivity index (χ4n) is 1.95. The molecule has 0 bridgehead atoms. The van der Waals surface area contributed by atoms with Crippen molar-refractivity contribution in [1.82, 2.24) is 16.0 Å². The van der Waals surface area contributed by atoms with Crippen LogP contribution in [0.1, 0.15) is 26.2 Å². The van der Waals surface area contributed by atoms with Crippen LogP contribution in [0.5, 0.6) is 0 Å². The summed E-state index contributed by atoms with van der Waals surface area (Å²) in [6.07, 6.45) is 2.59. The Labute approximate surface area is 108 Å². The lowest BCUT2D eigenvalue weighted by Crippen LogP contribution is -2.46. The van der Waals surface area contributed by atoms with Crippen molar-refractivity contribution in [3.8, 4) is 0 Å². The second-order valence-electron chi connectivity index (χ2n) is 4.57. The van der Waals surface area contributed by atoms with Crippen LogP contribution in [-0.4, -0.2) is 50.7 Å². The molecule has 2 amide bonds. The zero-order valence-electron chi connectivity index (χ0n) is 11.1. The Kier molecular flexibility index (Phi) is 6.67. The Morgan fingerprint density at radius 2 is 2.28 bits per heavy atom. The molecule has 0 aromatic carbocycles. The van der Waals surface area contributed by atoms with E-state index in [2.05, 4.69) is 16.0 Å². The standard InChI is InChI=1S/C12H23N3O3/c1-9(12(17)14-6-7-18-2)15-11(16)8-10-4-3-5-13-10/h9-10,13H,3-8H2,1-2H3,(H,14,17)(H,15,16). The molecule has 2 unspecified atom stereocenters. The van der Waals surface area contributed by atoms with Crippen LogP contribution < -0.4 is 16.0 Å². The minimum atomic E-state index is -0.504. The largest absolute Gasteiger partial charge is 0.383 e. The average Bonchev–Trinajstić information content (AvgIpc) is 2.81. The molecule has 1 rings (SSSR count). The van der Waals surface area contributed by atoms with Crippen molar-refractivity contribution in [3.05, 3.63) is 0 Å². The third-order valence-corrected chi connectivity index (χ3v) is 2.97. The summed E-state index contributed by atoms with van der Waals surface area (Å²) in [6.45, 7) is 3.59. The van der Waals surface area contributed by atoms with Gasteiger partial charge in [0.05, 0.1) is 6.61 Å². The molecule has 0 radical (unpaired) electrons. The van der Waals surface area contributed by atoms with E-state index in [9.17, 15) is 9.59 Å². The first-order valence-corrected chi connectivity index (χ1v) is 6.43. The number of hydrogen-bond donors (Lipinski definition) is 3. The summed E-state index contributed by atoms with van der Waals surface area (Å²) in [5.41, 5.74) is 0. The van der Waals surface area contributed by atoms with Gasteiger partial charge in [-0.15, -0.1) is 0 Å². The maximum Gasteiger partial charge on any atom is 0.242 e. The fourth-order valence-corrected chi connectivity index (χ4v) is 1.95. The first-order valence-electron chi connectivity index (χ1n) is 6.43. The van der Waals surface area contributed by atoms with Gasteiger partial charge < -0.3 is 20.7 Å². The highest BCUT2D eigenvalue weighted by molar-refractivity contribution is 5.87. The van der Waals surface area contributed by atoms with Crippen LogP contribution in [0.3, 0.4) is 0 Å². The SMILES string of the molecule is COCCNC(=O)C(C)NC(=O)CC1CCCN1. The van der Waals surface area contributed by atoms with E-state index < -0.39 is 6.04 Å². The van der Waals surface area contributed by atoms with Crippen molar-refractivity contribution in [1.29, 1.82) is 0 Å². The van der Waals surface area contributed by atoms with Crippen molar-refractivity contribution in [2.24, 2.45) is 0 Å². The predicted molar refractivity (Wildman–Crippen MR) is 68.1 cm³/mol. The number of amides is 2. The molecule has 1 fully saturated rings. The molecule has 18 heavy (non-hydrogen) atoms. The first-order chi connectivity index (χ1) is 8.63. The Morgan fingerprint density at radius 3 is 2.89 bits per heavy atom. The van der Waals surface area contributed by atoms with Crippen molar-refractivity contribution < 1.29 is 14.3 Å². The van der Waals surface area contributed by atoms with Gasteiger partial charge in [0.25, 0.3) is 0 Å². The van der Waals surface area contributed by atoms with Crippen molar-refractivity contribution >= 4 is 11.8 Å². The molecule has 6 nitrogen and oxygen atoms in total. The summed E-state index contributed by atoms with van der Waals surface area (Å²) in [4.78, 5) is 23.3. The van der Waals surface area contributed by atoms with Gasteiger partial charge in [-0.25, -0.2) is 0 Å². The molecule has 0 spiro atoms. The second-order valence-corrected chi connectivity index (χ2v) is 4.57. The number of nitrogens with one attached hydrogen (secondary N) is 3. The van der Waals surface area contributed by atoms with Gasteiger partial charge in [-0.2, -0.15) is 0 Å². The van der Waals surface area contributed by atoms with E-state index in [0.717, 1.165) is 19.4 Å². The maximum absolute atomic E-state index is 11.7. The quantitative estimate of drug-likeness (QED) is 0.532. The van der Waals surface area contributed by atoms with Crippen LogP contribution in [0, 0.1) is 0 Å². The number of hydrogen-bond acceptors (Lipinski definition) is 4. The molecule has 1 saturated heterocycles. The molecule has 0 saturated carbocycles. The first kappa shape index (κ1) is 14.9. The highest BCUT2D eigenvalue weighted by Gasteiger charge is 2.20. The van der Waals surface area contributed by atoms with E-state index in [1.807, 2.05) is 0 Å². The van der Waals surface area contributed by atoms with Gasteiger partial charge >= 0.3 is 0 Å². The fraction of sp³-hybridized carbons (Fsp3) is 0.833. The zero-order chi connectivity index (χ0) is 13.4. The maximum atomic E-state index is 11.7. The number of carbonyl (C=O) groups is 2. The van der Waals surface area contributed by atoms with E-state index >= 15 is 0 Å². The summed E-state index contributed by atoms with van der Waals surface area (Å²) in [7, 11) is 1.58. The topological polar surface area (TPSA) is 79.5 Å². The third-order valence-electron chi connectivity index (χ3n) is 2.97. The summed E-state index contributed by atoms with van der Waals surface area (Å²) >= 11 is 0. The monoisotopic (exact) mass is 257 g/mol. The highest BCUT2D eigenvalue weighted by Crippen LogP contribution is 2.08. The predicted octanol–water partition coefficient (Wildman–Crippen LogP) is -0.604. The third kappa shape index (κ3) is 5.46. The molecular weight excluding hydrogens is 234 g/mol. The molecule has 0 aromatic heterocycles. The highest BCUT2D eigenvalue weighted by atomic mass is 16.5. The molecule has 2 atom stereocenters. The molecule has 104 valence electrons. The van der Waals surface area contributed by atoms with Crippen LogP contribution in [0.4, 0.5) is 0 Å². The second kappa shape index (κ2) is 8.05. The van der Waals surface area contributed by atoms with Gasteiger partial charge in [0, 0.05) is 26.1 Å². The van der Waals surface area contributed by atoms with Crippen LogP contribution in [-0.2, 0) is 14.3 Å². The molecule has 6 heteroatoms. The molecule has 0 aromatic rings. The lowest BCUT2D eigenvalue weighted by atomic mass is 10.1. The van der Waals surface area contributed by atoms with E-state index in [-0.39, 0.29) is 17.9 Å². The van der Waals surface area contributed by atoms with E-state index in [4.69, 9.17) is 4.74 Å².